The summed E-state index contributed by atoms with van der Waals surface area (Å²) in [6.45, 7) is 0.365. The first-order valence-corrected chi connectivity index (χ1v) is 8.43. The third kappa shape index (κ3) is 4.45. The van der Waals surface area contributed by atoms with Crippen LogP contribution in [0.25, 0.3) is 0 Å². The summed E-state index contributed by atoms with van der Waals surface area (Å²) in [7, 11) is 0. The number of aliphatic hydroxyl groups excluding tert-OH is 2. The van der Waals surface area contributed by atoms with Crippen LogP contribution in [0.1, 0.15) is 28.8 Å². The number of hydrogen-bond donors (Lipinski definition) is 2. The molecule has 0 unspecified atom stereocenters. The largest absolute Gasteiger partial charge is 0.456 e. The first kappa shape index (κ1) is 17.6. The van der Waals surface area contributed by atoms with Crippen LogP contribution in [0.3, 0.4) is 0 Å². The number of benzene rings is 2. The van der Waals surface area contributed by atoms with Gasteiger partial charge in [0.15, 0.2) is 0 Å². The molecule has 0 bridgehead atoms. The second kappa shape index (κ2) is 8.25. The first-order chi connectivity index (χ1) is 12.1. The van der Waals surface area contributed by atoms with Crippen molar-refractivity contribution >= 4 is 5.97 Å². The van der Waals surface area contributed by atoms with Gasteiger partial charge in [-0.3, -0.25) is 0 Å². The molecule has 0 spiro atoms. The van der Waals surface area contributed by atoms with Crippen LogP contribution in [0, 0.1) is 0 Å². The summed E-state index contributed by atoms with van der Waals surface area (Å²) < 4.78 is 11.1. The van der Waals surface area contributed by atoms with E-state index in [-0.39, 0.29) is 0 Å². The molecule has 2 aromatic rings. The van der Waals surface area contributed by atoms with Gasteiger partial charge in [0.25, 0.3) is 0 Å². The topological polar surface area (TPSA) is 76.0 Å². The van der Waals surface area contributed by atoms with Crippen LogP contribution in [0.4, 0.5) is 0 Å². The smallest absolute Gasteiger partial charge is 0.338 e. The summed E-state index contributed by atoms with van der Waals surface area (Å²) in [5.41, 5.74) is 1.42. The number of carbonyl (C=O) groups is 1. The molecule has 0 aromatic heterocycles. The highest BCUT2D eigenvalue weighted by Crippen LogP contribution is 2.26. The highest BCUT2D eigenvalue weighted by molar-refractivity contribution is 5.89. The minimum atomic E-state index is -1.16. The minimum Gasteiger partial charge on any atom is -0.456 e. The van der Waals surface area contributed by atoms with Crippen molar-refractivity contribution in [1.82, 2.24) is 0 Å². The van der Waals surface area contributed by atoms with Gasteiger partial charge in [-0.1, -0.05) is 48.5 Å². The molecule has 25 heavy (non-hydrogen) atoms. The number of hydrogen-bond acceptors (Lipinski definition) is 5. The van der Waals surface area contributed by atoms with E-state index >= 15 is 0 Å². The molecule has 5 nitrogen and oxygen atoms in total. The van der Waals surface area contributed by atoms with E-state index < -0.39 is 30.4 Å². The molecular weight excluding hydrogens is 320 g/mol. The lowest BCUT2D eigenvalue weighted by Gasteiger charge is -2.36. The first-order valence-electron chi connectivity index (χ1n) is 8.43. The van der Waals surface area contributed by atoms with Crippen LogP contribution in [0.15, 0.2) is 60.7 Å². The average molecular weight is 342 g/mol. The Hall–Kier alpha value is -2.21. The lowest BCUT2D eigenvalue weighted by atomic mass is 9.89. The highest BCUT2D eigenvalue weighted by Gasteiger charge is 2.40. The van der Waals surface area contributed by atoms with Crippen molar-refractivity contribution in [2.45, 2.75) is 43.9 Å². The van der Waals surface area contributed by atoms with Crippen LogP contribution in [-0.2, 0) is 16.1 Å². The van der Waals surface area contributed by atoms with Crippen molar-refractivity contribution in [2.24, 2.45) is 0 Å². The Morgan fingerprint density at radius 3 is 2.12 bits per heavy atom. The number of aliphatic hydroxyl groups is 2. The monoisotopic (exact) mass is 342 g/mol. The van der Waals surface area contributed by atoms with Gasteiger partial charge in [-0.05, 0) is 30.5 Å². The van der Waals surface area contributed by atoms with Gasteiger partial charge in [-0.2, -0.15) is 0 Å². The van der Waals surface area contributed by atoms with Gasteiger partial charge < -0.3 is 19.7 Å². The fourth-order valence-corrected chi connectivity index (χ4v) is 2.98. The van der Waals surface area contributed by atoms with Crippen LogP contribution in [0.5, 0.6) is 0 Å². The lowest BCUT2D eigenvalue weighted by Crippen LogP contribution is -2.51. The zero-order valence-electron chi connectivity index (χ0n) is 13.8. The van der Waals surface area contributed by atoms with Gasteiger partial charge >= 0.3 is 5.97 Å². The second-order valence-electron chi connectivity index (χ2n) is 6.20. The molecule has 1 aliphatic carbocycles. The van der Waals surface area contributed by atoms with Crippen molar-refractivity contribution in [3.63, 3.8) is 0 Å². The lowest BCUT2D eigenvalue weighted by molar-refractivity contribution is -0.158. The Labute approximate surface area is 146 Å². The molecule has 0 heterocycles. The van der Waals surface area contributed by atoms with Crippen LogP contribution in [-0.4, -0.2) is 40.6 Å². The number of carbonyl (C=O) groups excluding carboxylic acids is 1. The van der Waals surface area contributed by atoms with E-state index in [1.807, 2.05) is 36.4 Å². The predicted molar refractivity (Wildman–Crippen MR) is 91.9 cm³/mol. The van der Waals surface area contributed by atoms with E-state index in [9.17, 15) is 15.0 Å². The molecule has 0 radical (unpaired) electrons. The molecule has 0 aliphatic heterocycles. The third-order valence-electron chi connectivity index (χ3n) is 4.42. The Balaban J connectivity index is 1.54. The van der Waals surface area contributed by atoms with Crippen molar-refractivity contribution in [1.29, 1.82) is 0 Å². The van der Waals surface area contributed by atoms with Gasteiger partial charge in [0.2, 0.25) is 0 Å². The molecule has 1 saturated carbocycles. The van der Waals surface area contributed by atoms with E-state index in [0.717, 1.165) is 5.56 Å². The van der Waals surface area contributed by atoms with Crippen LogP contribution >= 0.6 is 0 Å². The number of esters is 1. The number of ether oxygens (including phenoxy) is 2. The van der Waals surface area contributed by atoms with E-state index in [1.54, 1.807) is 24.3 Å². The quantitative estimate of drug-likeness (QED) is 0.816. The summed E-state index contributed by atoms with van der Waals surface area (Å²) in [6.07, 6.45) is -2.52. The minimum absolute atomic E-state index is 0.365. The maximum atomic E-state index is 12.1. The molecule has 0 amide bonds. The van der Waals surface area contributed by atoms with Crippen LogP contribution in [0.2, 0.25) is 0 Å². The van der Waals surface area contributed by atoms with Crippen molar-refractivity contribution in [3.05, 3.63) is 71.8 Å². The number of rotatable bonds is 5. The molecule has 1 fully saturated rings. The van der Waals surface area contributed by atoms with Gasteiger partial charge in [0.05, 0.1) is 18.3 Å². The van der Waals surface area contributed by atoms with E-state index in [1.165, 1.54) is 0 Å². The summed E-state index contributed by atoms with van der Waals surface area (Å²) in [4.78, 5) is 12.1. The zero-order chi connectivity index (χ0) is 17.6. The van der Waals surface area contributed by atoms with Gasteiger partial charge in [0, 0.05) is 0 Å². The average Bonchev–Trinajstić information content (AvgIpc) is 2.66. The molecule has 2 N–H and O–H groups in total. The van der Waals surface area contributed by atoms with Gasteiger partial charge in [-0.15, -0.1) is 0 Å². The van der Waals surface area contributed by atoms with Gasteiger partial charge in [0.1, 0.15) is 18.3 Å². The van der Waals surface area contributed by atoms with Crippen molar-refractivity contribution in [2.75, 3.05) is 0 Å². The fraction of sp³-hybridized carbons (Fsp3) is 0.350. The molecule has 5 heteroatoms. The molecule has 0 saturated heterocycles. The Kier molecular flexibility index (Phi) is 5.81. The predicted octanol–water partition coefficient (Wildman–Crippen LogP) is 2.31. The summed E-state index contributed by atoms with van der Waals surface area (Å²) in [5.74, 6) is -0.500. The summed E-state index contributed by atoms with van der Waals surface area (Å²) in [6, 6.07) is 18.3. The van der Waals surface area contributed by atoms with E-state index in [0.29, 0.717) is 25.0 Å². The molecule has 132 valence electrons. The van der Waals surface area contributed by atoms with Crippen molar-refractivity contribution in [3.8, 4) is 0 Å². The zero-order valence-corrected chi connectivity index (χ0v) is 13.8. The Bertz CT molecular complexity index is 673. The maximum absolute atomic E-state index is 12.1. The highest BCUT2D eigenvalue weighted by atomic mass is 16.6. The molecule has 2 aromatic carbocycles. The Morgan fingerprint density at radius 1 is 0.880 bits per heavy atom. The SMILES string of the molecule is O=C(O[C@H]1CC[C@H](OCc2ccccc2)[C@H](O)[C@@H]1O)c1ccccc1. The van der Waals surface area contributed by atoms with E-state index in [4.69, 9.17) is 9.47 Å². The molecule has 1 aliphatic rings. The standard InChI is InChI=1S/C20H22O5/c21-18-16(24-13-14-7-3-1-4-8-14)11-12-17(19(18)22)25-20(23)15-9-5-2-6-10-15/h1-10,16-19,21-22H,11-13H2/t16-,17-,18-,19+/m0/s1. The molecule has 4 atom stereocenters. The van der Waals surface area contributed by atoms with E-state index in [2.05, 4.69) is 0 Å². The molecule has 3 rings (SSSR count). The Morgan fingerprint density at radius 2 is 1.44 bits per heavy atom. The van der Waals surface area contributed by atoms with Crippen LogP contribution < -0.4 is 0 Å². The normalized spacial score (nSPS) is 26.2. The third-order valence-corrected chi connectivity index (χ3v) is 4.42. The molecular formula is C20H22O5. The summed E-state index contributed by atoms with van der Waals surface area (Å²) >= 11 is 0. The van der Waals surface area contributed by atoms with Crippen molar-refractivity contribution < 1.29 is 24.5 Å². The second-order valence-corrected chi connectivity index (χ2v) is 6.20. The fourth-order valence-electron chi connectivity index (χ4n) is 2.98. The van der Waals surface area contributed by atoms with Gasteiger partial charge in [-0.25, -0.2) is 4.79 Å². The summed E-state index contributed by atoms with van der Waals surface area (Å²) in [5, 5.41) is 20.6. The maximum Gasteiger partial charge on any atom is 0.338 e.